The van der Waals surface area contributed by atoms with Gasteiger partial charge in [-0.2, -0.15) is 0 Å². The molecule has 5 heteroatoms. The monoisotopic (exact) mass is 245 g/mol. The lowest BCUT2D eigenvalue weighted by molar-refractivity contribution is 0.0997. The van der Waals surface area contributed by atoms with Crippen LogP contribution in [0.2, 0.25) is 0 Å². The van der Waals surface area contributed by atoms with Gasteiger partial charge in [0.05, 0.1) is 5.56 Å². The van der Waals surface area contributed by atoms with E-state index in [0.717, 1.165) is 9.92 Å². The maximum Gasteiger partial charge on any atom is 0.249 e. The first-order valence-corrected chi connectivity index (χ1v) is 5.76. The summed E-state index contributed by atoms with van der Waals surface area (Å²) in [6.45, 7) is 0. The smallest absolute Gasteiger partial charge is 0.249 e. The number of rotatable bonds is 3. The number of amides is 1. The lowest BCUT2D eigenvalue weighted by Gasteiger charge is -2.06. The Morgan fingerprint density at radius 1 is 1.24 bits per heavy atom. The number of primary amides is 1. The fourth-order valence-corrected chi connectivity index (χ4v) is 2.24. The van der Waals surface area contributed by atoms with Crippen molar-refractivity contribution >= 4 is 23.4 Å². The first-order chi connectivity index (χ1) is 8.16. The van der Waals surface area contributed by atoms with Gasteiger partial charge < -0.3 is 11.5 Å². The fraction of sp³-hybridized carbons (Fsp3) is 0. The molecule has 86 valence electrons. The molecule has 1 aromatic heterocycles. The molecule has 0 saturated heterocycles. The zero-order chi connectivity index (χ0) is 12.3. The van der Waals surface area contributed by atoms with Crippen molar-refractivity contribution in [3.05, 3.63) is 48.2 Å². The SMILES string of the molecule is NC(=O)c1cc(N)ccc1Sc1ccccn1. The average Bonchev–Trinajstić information content (AvgIpc) is 2.32. The van der Waals surface area contributed by atoms with Crippen molar-refractivity contribution in [1.29, 1.82) is 0 Å². The fourth-order valence-electron chi connectivity index (χ4n) is 1.35. The van der Waals surface area contributed by atoms with Gasteiger partial charge in [0, 0.05) is 16.8 Å². The molecule has 1 amide bonds. The van der Waals surface area contributed by atoms with Crippen LogP contribution >= 0.6 is 11.8 Å². The molecule has 0 unspecified atom stereocenters. The number of aromatic nitrogens is 1. The van der Waals surface area contributed by atoms with Crippen molar-refractivity contribution in [3.8, 4) is 0 Å². The third-order valence-corrected chi connectivity index (χ3v) is 3.15. The van der Waals surface area contributed by atoms with Crippen LogP contribution in [0.4, 0.5) is 5.69 Å². The van der Waals surface area contributed by atoms with E-state index in [1.54, 1.807) is 24.4 Å². The Bertz CT molecular complexity index is 543. The summed E-state index contributed by atoms with van der Waals surface area (Å²) >= 11 is 1.38. The summed E-state index contributed by atoms with van der Waals surface area (Å²) < 4.78 is 0. The molecule has 0 bridgehead atoms. The zero-order valence-electron chi connectivity index (χ0n) is 8.96. The van der Waals surface area contributed by atoms with Crippen LogP contribution in [0.3, 0.4) is 0 Å². The lowest BCUT2D eigenvalue weighted by atomic mass is 10.2. The van der Waals surface area contributed by atoms with Crippen molar-refractivity contribution in [2.24, 2.45) is 5.73 Å². The summed E-state index contributed by atoms with van der Waals surface area (Å²) in [6.07, 6.45) is 1.70. The number of anilines is 1. The van der Waals surface area contributed by atoms with Gasteiger partial charge in [-0.25, -0.2) is 4.98 Å². The van der Waals surface area contributed by atoms with E-state index < -0.39 is 5.91 Å². The molecule has 4 nitrogen and oxygen atoms in total. The number of benzene rings is 1. The summed E-state index contributed by atoms with van der Waals surface area (Å²) in [5.41, 5.74) is 11.9. The molecule has 0 aliphatic rings. The molecule has 0 saturated carbocycles. The zero-order valence-corrected chi connectivity index (χ0v) is 9.78. The minimum absolute atomic E-state index is 0.417. The predicted molar refractivity (Wildman–Crippen MR) is 67.7 cm³/mol. The van der Waals surface area contributed by atoms with Gasteiger partial charge in [-0.1, -0.05) is 17.8 Å². The van der Waals surface area contributed by atoms with Gasteiger partial charge in [-0.15, -0.1) is 0 Å². The Morgan fingerprint density at radius 2 is 2.06 bits per heavy atom. The topological polar surface area (TPSA) is 82.0 Å². The Labute approximate surface area is 103 Å². The summed E-state index contributed by atoms with van der Waals surface area (Å²) in [5, 5.41) is 0.805. The van der Waals surface area contributed by atoms with Gasteiger partial charge in [0.15, 0.2) is 0 Å². The first-order valence-electron chi connectivity index (χ1n) is 4.95. The summed E-state index contributed by atoms with van der Waals surface area (Å²) in [4.78, 5) is 16.2. The molecule has 0 atom stereocenters. The van der Waals surface area contributed by atoms with E-state index in [-0.39, 0.29) is 0 Å². The largest absolute Gasteiger partial charge is 0.399 e. The molecule has 0 radical (unpaired) electrons. The van der Waals surface area contributed by atoms with Gasteiger partial charge in [-0.05, 0) is 30.3 Å². The van der Waals surface area contributed by atoms with Crippen molar-refractivity contribution in [3.63, 3.8) is 0 Å². The Balaban J connectivity index is 2.36. The molecule has 0 aliphatic carbocycles. The van der Waals surface area contributed by atoms with Crippen LogP contribution in [-0.2, 0) is 0 Å². The standard InChI is InChI=1S/C12H11N3OS/c13-8-4-5-10(9(7-8)12(14)16)17-11-3-1-2-6-15-11/h1-7H,13H2,(H2,14,16). The minimum atomic E-state index is -0.490. The minimum Gasteiger partial charge on any atom is -0.399 e. The second-order valence-corrected chi connectivity index (χ2v) is 4.45. The van der Waals surface area contributed by atoms with E-state index in [4.69, 9.17) is 11.5 Å². The number of nitrogens with zero attached hydrogens (tertiary/aromatic N) is 1. The van der Waals surface area contributed by atoms with Crippen LogP contribution < -0.4 is 11.5 Å². The van der Waals surface area contributed by atoms with Gasteiger partial charge >= 0.3 is 0 Å². The molecule has 1 heterocycles. The van der Waals surface area contributed by atoms with E-state index in [9.17, 15) is 4.79 Å². The number of nitrogens with two attached hydrogens (primary N) is 2. The van der Waals surface area contributed by atoms with Crippen molar-refractivity contribution in [2.75, 3.05) is 5.73 Å². The Kier molecular flexibility index (Phi) is 3.30. The highest BCUT2D eigenvalue weighted by Crippen LogP contribution is 2.29. The number of hydrogen-bond acceptors (Lipinski definition) is 4. The average molecular weight is 245 g/mol. The van der Waals surface area contributed by atoms with E-state index in [1.807, 2.05) is 18.2 Å². The first kappa shape index (κ1) is 11.5. The molecular weight excluding hydrogens is 234 g/mol. The van der Waals surface area contributed by atoms with Crippen LogP contribution in [0.5, 0.6) is 0 Å². The highest BCUT2D eigenvalue weighted by atomic mass is 32.2. The van der Waals surface area contributed by atoms with Gasteiger partial charge in [0.2, 0.25) is 5.91 Å². The third kappa shape index (κ3) is 2.76. The molecule has 2 rings (SSSR count). The molecule has 0 aliphatic heterocycles. The predicted octanol–water partition coefficient (Wildman–Crippen LogP) is 1.91. The molecule has 1 aromatic carbocycles. The molecule has 17 heavy (non-hydrogen) atoms. The number of carbonyl (C=O) groups excluding carboxylic acids is 1. The van der Waals surface area contributed by atoms with Crippen LogP contribution in [-0.4, -0.2) is 10.9 Å². The second-order valence-electron chi connectivity index (χ2n) is 3.39. The summed E-state index contributed by atoms with van der Waals surface area (Å²) in [6, 6.07) is 10.7. The molecule has 0 fully saturated rings. The van der Waals surface area contributed by atoms with E-state index in [2.05, 4.69) is 4.98 Å². The lowest BCUT2D eigenvalue weighted by Crippen LogP contribution is -2.12. The molecule has 0 spiro atoms. The molecular formula is C12H11N3OS. The normalized spacial score (nSPS) is 10.1. The summed E-state index contributed by atoms with van der Waals surface area (Å²) in [5.74, 6) is -0.490. The number of pyridine rings is 1. The van der Waals surface area contributed by atoms with E-state index in [1.165, 1.54) is 11.8 Å². The maximum atomic E-state index is 11.3. The van der Waals surface area contributed by atoms with E-state index in [0.29, 0.717) is 11.3 Å². The Hall–Kier alpha value is -2.01. The van der Waals surface area contributed by atoms with E-state index >= 15 is 0 Å². The summed E-state index contributed by atoms with van der Waals surface area (Å²) in [7, 11) is 0. The third-order valence-electron chi connectivity index (χ3n) is 2.12. The number of carbonyl (C=O) groups is 1. The second kappa shape index (κ2) is 4.88. The molecule has 4 N–H and O–H groups in total. The van der Waals surface area contributed by atoms with Crippen LogP contribution in [0.15, 0.2) is 52.5 Å². The highest BCUT2D eigenvalue weighted by Gasteiger charge is 2.10. The van der Waals surface area contributed by atoms with Crippen molar-refractivity contribution in [2.45, 2.75) is 9.92 Å². The maximum absolute atomic E-state index is 11.3. The van der Waals surface area contributed by atoms with Crippen LogP contribution in [0, 0.1) is 0 Å². The van der Waals surface area contributed by atoms with Crippen molar-refractivity contribution < 1.29 is 4.79 Å². The number of nitrogen functional groups attached to an aromatic ring is 1. The number of hydrogen-bond donors (Lipinski definition) is 2. The quantitative estimate of drug-likeness (QED) is 0.809. The van der Waals surface area contributed by atoms with Gasteiger partial charge in [0.25, 0.3) is 0 Å². The van der Waals surface area contributed by atoms with Crippen LogP contribution in [0.25, 0.3) is 0 Å². The Morgan fingerprint density at radius 3 is 2.71 bits per heavy atom. The van der Waals surface area contributed by atoms with Gasteiger partial charge in [0.1, 0.15) is 5.03 Å². The van der Waals surface area contributed by atoms with Gasteiger partial charge in [-0.3, -0.25) is 4.79 Å². The highest BCUT2D eigenvalue weighted by molar-refractivity contribution is 7.99. The van der Waals surface area contributed by atoms with Crippen LogP contribution in [0.1, 0.15) is 10.4 Å². The molecule has 2 aromatic rings. The van der Waals surface area contributed by atoms with Crippen molar-refractivity contribution in [1.82, 2.24) is 4.98 Å².